The fraction of sp³-hybridized carbons (Fsp3) is 0.269. The Labute approximate surface area is 191 Å². The van der Waals surface area contributed by atoms with Gasteiger partial charge in [-0.3, -0.25) is 4.79 Å². The molecule has 1 unspecified atom stereocenters. The number of aryl methyl sites for hydroxylation is 1. The minimum atomic E-state index is -0.208. The molecule has 0 bridgehead atoms. The number of aromatic nitrogens is 1. The van der Waals surface area contributed by atoms with Crippen LogP contribution in [0.15, 0.2) is 71.6 Å². The van der Waals surface area contributed by atoms with Crippen LogP contribution in [0.3, 0.4) is 0 Å². The largest absolute Gasteiger partial charge is 0.366 e. The maximum atomic E-state index is 14.2. The van der Waals surface area contributed by atoms with Crippen LogP contribution in [0, 0.1) is 5.82 Å². The number of hydrogen-bond acceptors (Lipinski definition) is 3. The first-order chi connectivity index (χ1) is 15.6. The molecule has 0 aliphatic carbocycles. The van der Waals surface area contributed by atoms with Crippen molar-refractivity contribution in [3.63, 3.8) is 0 Å². The van der Waals surface area contributed by atoms with E-state index in [0.29, 0.717) is 38.3 Å². The van der Waals surface area contributed by atoms with Gasteiger partial charge in [0.25, 0.3) is 0 Å². The zero-order chi connectivity index (χ0) is 22.1. The summed E-state index contributed by atoms with van der Waals surface area (Å²) >= 11 is 1.66. The van der Waals surface area contributed by atoms with Crippen LogP contribution < -0.4 is 4.90 Å². The Balaban J connectivity index is 1.35. The molecule has 164 valence electrons. The number of benzene rings is 2. The number of amides is 1. The molecule has 5 rings (SSSR count). The molecule has 4 aromatic rings. The second-order valence-corrected chi connectivity index (χ2v) is 9.13. The second kappa shape index (κ2) is 8.79. The number of halogens is 1. The number of nitrogens with zero attached hydrogens (tertiary/aromatic N) is 3. The van der Waals surface area contributed by atoms with Gasteiger partial charge in [-0.05, 0) is 46.2 Å². The molecule has 0 saturated carbocycles. The Bertz CT molecular complexity index is 1230. The summed E-state index contributed by atoms with van der Waals surface area (Å²) in [5.41, 5.74) is 4.17. The van der Waals surface area contributed by atoms with E-state index >= 15 is 0 Å². The fourth-order valence-electron chi connectivity index (χ4n) is 4.74. The van der Waals surface area contributed by atoms with Gasteiger partial charge >= 0.3 is 0 Å². The molecule has 1 atom stereocenters. The van der Waals surface area contributed by atoms with E-state index in [-0.39, 0.29) is 17.6 Å². The molecule has 3 heterocycles. The van der Waals surface area contributed by atoms with E-state index in [0.717, 1.165) is 0 Å². The normalized spacial score (nSPS) is 15.3. The Kier molecular flexibility index (Phi) is 5.70. The highest BCUT2D eigenvalue weighted by Crippen LogP contribution is 2.36. The predicted octanol–water partition coefficient (Wildman–Crippen LogP) is 5.25. The van der Waals surface area contributed by atoms with Crippen molar-refractivity contribution < 1.29 is 9.18 Å². The Morgan fingerprint density at radius 1 is 1.03 bits per heavy atom. The third-order valence-electron chi connectivity index (χ3n) is 6.45. The van der Waals surface area contributed by atoms with Crippen molar-refractivity contribution in [3.05, 3.63) is 88.5 Å². The van der Waals surface area contributed by atoms with Crippen LogP contribution in [0.5, 0.6) is 0 Å². The third-order valence-corrected chi connectivity index (χ3v) is 7.15. The molecule has 0 N–H and O–H groups in total. The van der Waals surface area contributed by atoms with Crippen molar-refractivity contribution >= 4 is 33.8 Å². The monoisotopic (exact) mass is 447 g/mol. The SMILES string of the molecule is Cn1cc(C(CC(=O)N2CCN(c3ccccc3F)CC2)c2ccsc2)c2ccccc21. The van der Waals surface area contributed by atoms with Gasteiger partial charge in [-0.1, -0.05) is 30.3 Å². The van der Waals surface area contributed by atoms with E-state index in [1.54, 1.807) is 23.5 Å². The van der Waals surface area contributed by atoms with Gasteiger partial charge in [0, 0.05) is 62.7 Å². The van der Waals surface area contributed by atoms with Crippen molar-refractivity contribution in [2.24, 2.45) is 7.05 Å². The van der Waals surface area contributed by atoms with Crippen LogP contribution in [0.25, 0.3) is 10.9 Å². The summed E-state index contributed by atoms with van der Waals surface area (Å²) in [4.78, 5) is 17.3. The minimum absolute atomic E-state index is 0.0180. The summed E-state index contributed by atoms with van der Waals surface area (Å²) in [6.07, 6.45) is 2.60. The number of hydrogen-bond donors (Lipinski definition) is 0. The van der Waals surface area contributed by atoms with Gasteiger partial charge in [0.2, 0.25) is 5.91 Å². The molecular weight excluding hydrogens is 421 g/mol. The number of rotatable bonds is 5. The van der Waals surface area contributed by atoms with E-state index < -0.39 is 0 Å². The molecule has 4 nitrogen and oxygen atoms in total. The van der Waals surface area contributed by atoms with Gasteiger partial charge in [-0.15, -0.1) is 0 Å². The lowest BCUT2D eigenvalue weighted by Crippen LogP contribution is -2.49. The Hall–Kier alpha value is -3.12. The molecule has 32 heavy (non-hydrogen) atoms. The van der Waals surface area contributed by atoms with Crippen molar-refractivity contribution in [2.75, 3.05) is 31.1 Å². The number of thiophene rings is 1. The number of anilines is 1. The number of piperazine rings is 1. The Morgan fingerprint density at radius 3 is 2.53 bits per heavy atom. The van der Waals surface area contributed by atoms with E-state index in [9.17, 15) is 9.18 Å². The van der Waals surface area contributed by atoms with Crippen LogP contribution in [0.1, 0.15) is 23.5 Å². The maximum Gasteiger partial charge on any atom is 0.223 e. The molecule has 1 fully saturated rings. The highest BCUT2D eigenvalue weighted by molar-refractivity contribution is 7.08. The summed E-state index contributed by atoms with van der Waals surface area (Å²) in [7, 11) is 2.06. The molecule has 1 aliphatic heterocycles. The second-order valence-electron chi connectivity index (χ2n) is 8.35. The molecular formula is C26H26FN3OS. The van der Waals surface area contributed by atoms with Gasteiger partial charge in [-0.2, -0.15) is 11.3 Å². The maximum absolute atomic E-state index is 14.2. The van der Waals surface area contributed by atoms with Crippen LogP contribution in [-0.4, -0.2) is 41.6 Å². The van der Waals surface area contributed by atoms with Crippen LogP contribution in [-0.2, 0) is 11.8 Å². The van der Waals surface area contributed by atoms with E-state index in [1.807, 2.05) is 21.9 Å². The van der Waals surface area contributed by atoms with E-state index in [2.05, 4.69) is 52.8 Å². The molecule has 0 spiro atoms. The smallest absolute Gasteiger partial charge is 0.223 e. The molecule has 1 saturated heterocycles. The van der Waals surface area contributed by atoms with Gasteiger partial charge in [0.1, 0.15) is 5.82 Å². The lowest BCUT2D eigenvalue weighted by atomic mass is 9.89. The number of carbonyl (C=O) groups excluding carboxylic acids is 1. The Morgan fingerprint density at radius 2 is 1.78 bits per heavy atom. The van der Waals surface area contributed by atoms with Crippen molar-refractivity contribution in [1.82, 2.24) is 9.47 Å². The van der Waals surface area contributed by atoms with E-state index in [1.165, 1.54) is 28.1 Å². The topological polar surface area (TPSA) is 28.5 Å². The minimum Gasteiger partial charge on any atom is -0.366 e. The number of carbonyl (C=O) groups is 1. The van der Waals surface area contributed by atoms with Crippen molar-refractivity contribution in [1.29, 1.82) is 0 Å². The van der Waals surface area contributed by atoms with Crippen LogP contribution >= 0.6 is 11.3 Å². The first-order valence-corrected chi connectivity index (χ1v) is 11.9. The standard InChI is InChI=1S/C26H26FN3OS/c1-28-17-22(20-6-2-4-8-24(20)28)21(19-10-15-32-18-19)16-26(31)30-13-11-29(12-14-30)25-9-5-3-7-23(25)27/h2-10,15,17-18,21H,11-14,16H2,1H3. The molecule has 6 heteroatoms. The summed E-state index contributed by atoms with van der Waals surface area (Å²) in [5, 5.41) is 5.42. The highest BCUT2D eigenvalue weighted by atomic mass is 32.1. The average Bonchev–Trinajstić information content (AvgIpc) is 3.47. The first-order valence-electron chi connectivity index (χ1n) is 10.9. The van der Waals surface area contributed by atoms with Gasteiger partial charge in [0.15, 0.2) is 0 Å². The van der Waals surface area contributed by atoms with Crippen LogP contribution in [0.4, 0.5) is 10.1 Å². The zero-order valence-corrected chi connectivity index (χ0v) is 18.9. The van der Waals surface area contributed by atoms with Crippen molar-refractivity contribution in [2.45, 2.75) is 12.3 Å². The van der Waals surface area contributed by atoms with Crippen LogP contribution in [0.2, 0.25) is 0 Å². The predicted molar refractivity (Wildman–Crippen MR) is 129 cm³/mol. The van der Waals surface area contributed by atoms with Gasteiger partial charge < -0.3 is 14.4 Å². The summed E-state index contributed by atoms with van der Waals surface area (Å²) in [6.45, 7) is 2.51. The highest BCUT2D eigenvalue weighted by Gasteiger charge is 2.27. The number of fused-ring (bicyclic) bond motifs is 1. The van der Waals surface area contributed by atoms with Crippen molar-refractivity contribution in [3.8, 4) is 0 Å². The average molecular weight is 448 g/mol. The number of para-hydroxylation sites is 2. The molecule has 0 radical (unpaired) electrons. The third kappa shape index (κ3) is 3.91. The first kappa shape index (κ1) is 20.8. The molecule has 2 aromatic carbocycles. The van der Waals surface area contributed by atoms with E-state index in [4.69, 9.17) is 0 Å². The quantitative estimate of drug-likeness (QED) is 0.418. The van der Waals surface area contributed by atoms with Gasteiger partial charge in [-0.25, -0.2) is 4.39 Å². The van der Waals surface area contributed by atoms with Gasteiger partial charge in [0.05, 0.1) is 5.69 Å². The molecule has 2 aromatic heterocycles. The zero-order valence-electron chi connectivity index (χ0n) is 18.1. The summed E-state index contributed by atoms with van der Waals surface area (Å²) in [5.74, 6) is -0.0347. The lowest BCUT2D eigenvalue weighted by molar-refractivity contribution is -0.131. The molecule has 1 aliphatic rings. The fourth-order valence-corrected chi connectivity index (χ4v) is 5.45. The summed E-state index contributed by atoms with van der Waals surface area (Å²) in [6, 6.07) is 17.3. The summed E-state index contributed by atoms with van der Waals surface area (Å²) < 4.78 is 16.3. The lowest BCUT2D eigenvalue weighted by Gasteiger charge is -2.36. The molecule has 1 amide bonds.